The SMILES string of the molecule is CCC1CCCCN1C(=O)NC1CCCN(C(=O)OC)C1. The Labute approximate surface area is 126 Å². The molecule has 0 aliphatic carbocycles. The van der Waals surface area contributed by atoms with Gasteiger partial charge in [0, 0.05) is 31.7 Å². The molecule has 0 aromatic rings. The predicted octanol–water partition coefficient (Wildman–Crippen LogP) is 2.19. The molecule has 0 bridgehead atoms. The lowest BCUT2D eigenvalue weighted by Crippen LogP contribution is -2.55. The van der Waals surface area contributed by atoms with Crippen LogP contribution < -0.4 is 5.32 Å². The number of nitrogens with zero attached hydrogens (tertiary/aromatic N) is 2. The monoisotopic (exact) mass is 297 g/mol. The fraction of sp³-hybridized carbons (Fsp3) is 0.867. The molecule has 1 N–H and O–H groups in total. The summed E-state index contributed by atoms with van der Waals surface area (Å²) in [5.74, 6) is 0. The van der Waals surface area contributed by atoms with Crippen molar-refractivity contribution in [2.45, 2.75) is 57.5 Å². The average Bonchev–Trinajstić information content (AvgIpc) is 2.54. The van der Waals surface area contributed by atoms with Crippen molar-refractivity contribution in [3.05, 3.63) is 0 Å². The molecule has 0 aromatic heterocycles. The molecule has 3 amide bonds. The minimum atomic E-state index is -0.307. The van der Waals surface area contributed by atoms with Crippen LogP contribution in [0.4, 0.5) is 9.59 Å². The number of carbonyl (C=O) groups is 2. The topological polar surface area (TPSA) is 61.9 Å². The average molecular weight is 297 g/mol. The Bertz CT molecular complexity index is 375. The van der Waals surface area contributed by atoms with Gasteiger partial charge in [-0.25, -0.2) is 9.59 Å². The zero-order chi connectivity index (χ0) is 15.2. The maximum absolute atomic E-state index is 12.5. The molecule has 120 valence electrons. The van der Waals surface area contributed by atoms with E-state index in [1.54, 1.807) is 4.90 Å². The highest BCUT2D eigenvalue weighted by molar-refractivity contribution is 5.75. The molecular formula is C15H27N3O3. The van der Waals surface area contributed by atoms with Crippen LogP contribution in [0.2, 0.25) is 0 Å². The number of piperidine rings is 2. The molecule has 2 aliphatic rings. The lowest BCUT2D eigenvalue weighted by molar-refractivity contribution is 0.103. The van der Waals surface area contributed by atoms with E-state index in [1.807, 2.05) is 4.90 Å². The van der Waals surface area contributed by atoms with E-state index in [4.69, 9.17) is 4.74 Å². The lowest BCUT2D eigenvalue weighted by Gasteiger charge is -2.38. The lowest BCUT2D eigenvalue weighted by atomic mass is 10.0. The Balaban J connectivity index is 1.88. The van der Waals surface area contributed by atoms with E-state index >= 15 is 0 Å². The van der Waals surface area contributed by atoms with Crippen molar-refractivity contribution in [3.8, 4) is 0 Å². The van der Waals surface area contributed by atoms with E-state index in [-0.39, 0.29) is 18.2 Å². The van der Waals surface area contributed by atoms with Crippen LogP contribution in [0.1, 0.15) is 45.4 Å². The van der Waals surface area contributed by atoms with Gasteiger partial charge in [0.1, 0.15) is 0 Å². The maximum Gasteiger partial charge on any atom is 0.409 e. The summed E-state index contributed by atoms with van der Waals surface area (Å²) in [7, 11) is 1.39. The van der Waals surface area contributed by atoms with E-state index in [9.17, 15) is 9.59 Å². The number of hydrogen-bond donors (Lipinski definition) is 1. The first-order valence-electron chi connectivity index (χ1n) is 8.05. The van der Waals surface area contributed by atoms with E-state index < -0.39 is 0 Å². The van der Waals surface area contributed by atoms with E-state index in [0.717, 1.165) is 38.6 Å². The van der Waals surface area contributed by atoms with Gasteiger partial charge < -0.3 is 19.9 Å². The van der Waals surface area contributed by atoms with Crippen LogP contribution in [0.3, 0.4) is 0 Å². The van der Waals surface area contributed by atoms with Crippen LogP contribution in [0.25, 0.3) is 0 Å². The Morgan fingerprint density at radius 2 is 2.00 bits per heavy atom. The Hall–Kier alpha value is -1.46. The molecule has 2 saturated heterocycles. The molecule has 0 aromatic carbocycles. The highest BCUT2D eigenvalue weighted by atomic mass is 16.5. The number of carbonyl (C=O) groups excluding carboxylic acids is 2. The molecule has 0 radical (unpaired) electrons. The van der Waals surface area contributed by atoms with Crippen molar-refractivity contribution in [1.82, 2.24) is 15.1 Å². The van der Waals surface area contributed by atoms with E-state index in [1.165, 1.54) is 13.5 Å². The van der Waals surface area contributed by atoms with Gasteiger partial charge in [0.25, 0.3) is 0 Å². The van der Waals surface area contributed by atoms with Gasteiger partial charge in [-0.2, -0.15) is 0 Å². The molecule has 2 atom stereocenters. The van der Waals surface area contributed by atoms with Crippen molar-refractivity contribution in [2.24, 2.45) is 0 Å². The summed E-state index contributed by atoms with van der Waals surface area (Å²) in [4.78, 5) is 27.7. The first-order chi connectivity index (χ1) is 10.2. The number of likely N-dealkylation sites (tertiary alicyclic amines) is 2. The smallest absolute Gasteiger partial charge is 0.409 e. The number of rotatable bonds is 2. The number of nitrogens with one attached hydrogen (secondary N) is 1. The van der Waals surface area contributed by atoms with Crippen molar-refractivity contribution in [2.75, 3.05) is 26.7 Å². The Morgan fingerprint density at radius 1 is 1.19 bits per heavy atom. The van der Waals surface area contributed by atoms with Gasteiger partial charge in [-0.05, 0) is 38.5 Å². The van der Waals surface area contributed by atoms with E-state index in [0.29, 0.717) is 19.1 Å². The quantitative estimate of drug-likeness (QED) is 0.850. The van der Waals surface area contributed by atoms with Gasteiger partial charge in [0.15, 0.2) is 0 Å². The molecule has 6 heteroatoms. The first kappa shape index (κ1) is 15.9. The standard InChI is InChI=1S/C15H27N3O3/c1-3-13-8-4-5-10-18(13)14(19)16-12-7-6-9-17(11-12)15(20)21-2/h12-13H,3-11H2,1-2H3,(H,16,19). The van der Waals surface area contributed by atoms with Crippen LogP contribution in [0, 0.1) is 0 Å². The summed E-state index contributed by atoms with van der Waals surface area (Å²) in [6.45, 7) is 4.23. The molecular weight excluding hydrogens is 270 g/mol. The second kappa shape index (κ2) is 7.52. The summed E-state index contributed by atoms with van der Waals surface area (Å²) < 4.78 is 4.76. The molecule has 0 spiro atoms. The first-order valence-corrected chi connectivity index (χ1v) is 8.05. The highest BCUT2D eigenvalue weighted by Gasteiger charge is 2.29. The third-order valence-corrected chi connectivity index (χ3v) is 4.54. The maximum atomic E-state index is 12.5. The van der Waals surface area contributed by atoms with Crippen molar-refractivity contribution >= 4 is 12.1 Å². The van der Waals surface area contributed by atoms with Crippen molar-refractivity contribution < 1.29 is 14.3 Å². The van der Waals surface area contributed by atoms with Crippen LogP contribution in [0.5, 0.6) is 0 Å². The summed E-state index contributed by atoms with van der Waals surface area (Å²) in [5.41, 5.74) is 0. The third-order valence-electron chi connectivity index (χ3n) is 4.54. The zero-order valence-corrected chi connectivity index (χ0v) is 13.1. The van der Waals surface area contributed by atoms with Gasteiger partial charge in [-0.3, -0.25) is 0 Å². The number of ether oxygens (including phenoxy) is 1. The van der Waals surface area contributed by atoms with Gasteiger partial charge in [0.05, 0.1) is 7.11 Å². The van der Waals surface area contributed by atoms with Crippen LogP contribution in [0.15, 0.2) is 0 Å². The second-order valence-electron chi connectivity index (χ2n) is 5.96. The predicted molar refractivity (Wildman–Crippen MR) is 80.2 cm³/mol. The van der Waals surface area contributed by atoms with Gasteiger partial charge in [-0.15, -0.1) is 0 Å². The van der Waals surface area contributed by atoms with E-state index in [2.05, 4.69) is 12.2 Å². The summed E-state index contributed by atoms with van der Waals surface area (Å²) in [6.07, 6.45) is 5.92. The van der Waals surface area contributed by atoms with Crippen LogP contribution in [-0.2, 0) is 4.74 Å². The minimum absolute atomic E-state index is 0.0262. The van der Waals surface area contributed by atoms with Crippen LogP contribution >= 0.6 is 0 Å². The molecule has 2 heterocycles. The van der Waals surface area contributed by atoms with Crippen molar-refractivity contribution in [1.29, 1.82) is 0 Å². The molecule has 2 rings (SSSR count). The minimum Gasteiger partial charge on any atom is -0.453 e. The molecule has 6 nitrogen and oxygen atoms in total. The second-order valence-corrected chi connectivity index (χ2v) is 5.96. The summed E-state index contributed by atoms with van der Waals surface area (Å²) >= 11 is 0. The van der Waals surface area contributed by atoms with Crippen LogP contribution in [-0.4, -0.2) is 60.8 Å². The summed E-state index contributed by atoms with van der Waals surface area (Å²) in [5, 5.41) is 3.10. The third kappa shape index (κ3) is 4.02. The van der Waals surface area contributed by atoms with Crippen molar-refractivity contribution in [3.63, 3.8) is 0 Å². The van der Waals surface area contributed by atoms with Gasteiger partial charge >= 0.3 is 12.1 Å². The molecule has 2 aliphatic heterocycles. The fourth-order valence-corrected chi connectivity index (χ4v) is 3.34. The highest BCUT2D eigenvalue weighted by Crippen LogP contribution is 2.20. The van der Waals surface area contributed by atoms with Gasteiger partial charge in [0.2, 0.25) is 0 Å². The molecule has 2 unspecified atom stereocenters. The molecule has 0 saturated carbocycles. The molecule has 2 fully saturated rings. The summed E-state index contributed by atoms with van der Waals surface area (Å²) in [6, 6.07) is 0.419. The Kier molecular flexibility index (Phi) is 5.70. The number of urea groups is 1. The normalized spacial score (nSPS) is 26.4. The largest absolute Gasteiger partial charge is 0.453 e. The Morgan fingerprint density at radius 3 is 2.71 bits per heavy atom. The molecule has 21 heavy (non-hydrogen) atoms. The zero-order valence-electron chi connectivity index (χ0n) is 13.1. The number of hydrogen-bond acceptors (Lipinski definition) is 3. The number of methoxy groups -OCH3 is 1. The fourth-order valence-electron chi connectivity index (χ4n) is 3.34. The number of amides is 3. The van der Waals surface area contributed by atoms with Gasteiger partial charge in [-0.1, -0.05) is 6.92 Å².